The number of hydrogen-bond donors (Lipinski definition) is 1. The molecule has 0 saturated carbocycles. The van der Waals surface area contributed by atoms with E-state index in [0.29, 0.717) is 16.9 Å². The standard InChI is InChI=1S/C14H10FNOS/c15-14-7-10(8-16)1-2-11(14)9-18-13-5-3-12(17)4-6-13/h1-7,17H,9H2. The molecule has 90 valence electrons. The van der Waals surface area contributed by atoms with E-state index < -0.39 is 0 Å². The Balaban J connectivity index is 2.06. The first-order chi connectivity index (χ1) is 8.69. The van der Waals surface area contributed by atoms with Gasteiger partial charge >= 0.3 is 0 Å². The van der Waals surface area contributed by atoms with Crippen molar-refractivity contribution in [2.24, 2.45) is 0 Å². The van der Waals surface area contributed by atoms with Gasteiger partial charge in [-0.2, -0.15) is 5.26 Å². The first-order valence-corrected chi connectivity index (χ1v) is 6.28. The van der Waals surface area contributed by atoms with Crippen LogP contribution in [0, 0.1) is 17.1 Å². The quantitative estimate of drug-likeness (QED) is 0.855. The third-order valence-corrected chi connectivity index (χ3v) is 3.47. The summed E-state index contributed by atoms with van der Waals surface area (Å²) >= 11 is 1.48. The highest BCUT2D eigenvalue weighted by Gasteiger charge is 2.04. The molecule has 4 heteroatoms. The zero-order chi connectivity index (χ0) is 13.0. The van der Waals surface area contributed by atoms with Crippen molar-refractivity contribution in [3.05, 3.63) is 59.4 Å². The van der Waals surface area contributed by atoms with E-state index in [1.54, 1.807) is 36.4 Å². The van der Waals surface area contributed by atoms with Gasteiger partial charge in [-0.05, 0) is 42.0 Å². The Morgan fingerprint density at radius 1 is 1.17 bits per heavy atom. The average molecular weight is 259 g/mol. The molecule has 0 aromatic heterocycles. The topological polar surface area (TPSA) is 44.0 Å². The molecule has 18 heavy (non-hydrogen) atoms. The Hall–Kier alpha value is -1.99. The lowest BCUT2D eigenvalue weighted by atomic mass is 10.1. The third kappa shape index (κ3) is 3.02. The van der Waals surface area contributed by atoms with Crippen LogP contribution in [0.1, 0.15) is 11.1 Å². The first-order valence-electron chi connectivity index (χ1n) is 5.29. The van der Waals surface area contributed by atoms with Crippen molar-refractivity contribution in [2.45, 2.75) is 10.6 Å². The zero-order valence-corrected chi connectivity index (χ0v) is 10.2. The largest absolute Gasteiger partial charge is 0.508 e. The van der Waals surface area contributed by atoms with Crippen molar-refractivity contribution in [1.29, 1.82) is 5.26 Å². The molecule has 0 heterocycles. The molecule has 0 spiro atoms. The highest BCUT2D eigenvalue weighted by atomic mass is 32.2. The summed E-state index contributed by atoms with van der Waals surface area (Å²) in [5, 5.41) is 17.8. The fourth-order valence-electron chi connectivity index (χ4n) is 1.44. The number of nitriles is 1. The summed E-state index contributed by atoms with van der Waals surface area (Å²) in [4.78, 5) is 0.955. The number of benzene rings is 2. The molecule has 0 bridgehead atoms. The molecular formula is C14H10FNOS. The molecule has 1 N–H and O–H groups in total. The Labute approximate surface area is 109 Å². The van der Waals surface area contributed by atoms with Gasteiger partial charge in [0.05, 0.1) is 11.6 Å². The van der Waals surface area contributed by atoms with Gasteiger partial charge < -0.3 is 5.11 Å². The van der Waals surface area contributed by atoms with Gasteiger partial charge in [0.15, 0.2) is 0 Å². The van der Waals surface area contributed by atoms with E-state index >= 15 is 0 Å². The van der Waals surface area contributed by atoms with Gasteiger partial charge in [-0.3, -0.25) is 0 Å². The van der Waals surface area contributed by atoms with E-state index in [2.05, 4.69) is 0 Å². The van der Waals surface area contributed by atoms with Crippen LogP contribution in [0.2, 0.25) is 0 Å². The summed E-state index contributed by atoms with van der Waals surface area (Å²) in [6.07, 6.45) is 0. The van der Waals surface area contributed by atoms with E-state index in [-0.39, 0.29) is 11.6 Å². The van der Waals surface area contributed by atoms with Crippen molar-refractivity contribution < 1.29 is 9.50 Å². The number of rotatable bonds is 3. The smallest absolute Gasteiger partial charge is 0.128 e. The second-order valence-corrected chi connectivity index (χ2v) is 4.75. The van der Waals surface area contributed by atoms with Gasteiger partial charge in [-0.25, -0.2) is 4.39 Å². The van der Waals surface area contributed by atoms with Crippen molar-refractivity contribution in [2.75, 3.05) is 0 Å². The maximum Gasteiger partial charge on any atom is 0.128 e. The SMILES string of the molecule is N#Cc1ccc(CSc2ccc(O)cc2)c(F)c1. The van der Waals surface area contributed by atoms with Crippen LogP contribution in [0.25, 0.3) is 0 Å². The van der Waals surface area contributed by atoms with Crippen LogP contribution in [-0.4, -0.2) is 5.11 Å². The molecule has 0 fully saturated rings. The molecule has 0 aliphatic carbocycles. The average Bonchev–Trinajstić information content (AvgIpc) is 2.39. The Bertz CT molecular complexity index is 590. The number of halogens is 1. The zero-order valence-electron chi connectivity index (χ0n) is 9.43. The van der Waals surface area contributed by atoms with E-state index in [9.17, 15) is 4.39 Å². The number of phenols is 1. The summed E-state index contributed by atoms with van der Waals surface area (Å²) in [5.41, 5.74) is 0.887. The Morgan fingerprint density at radius 2 is 1.89 bits per heavy atom. The Morgan fingerprint density at radius 3 is 2.50 bits per heavy atom. The van der Waals surface area contributed by atoms with Crippen LogP contribution < -0.4 is 0 Å². The summed E-state index contributed by atoms with van der Waals surface area (Å²) in [5.74, 6) is 0.340. The van der Waals surface area contributed by atoms with Crippen LogP contribution in [0.3, 0.4) is 0 Å². The van der Waals surface area contributed by atoms with Gasteiger partial charge in [0.2, 0.25) is 0 Å². The molecule has 0 aliphatic rings. The summed E-state index contributed by atoms with van der Waals surface area (Å²) in [7, 11) is 0. The molecule has 2 nitrogen and oxygen atoms in total. The number of nitrogens with zero attached hydrogens (tertiary/aromatic N) is 1. The van der Waals surface area contributed by atoms with E-state index in [4.69, 9.17) is 10.4 Å². The molecule has 0 saturated heterocycles. The van der Waals surface area contributed by atoms with Gasteiger partial charge in [0.1, 0.15) is 11.6 Å². The molecule has 0 unspecified atom stereocenters. The fourth-order valence-corrected chi connectivity index (χ4v) is 2.32. The molecule has 0 radical (unpaired) electrons. The normalized spacial score (nSPS) is 10.0. The van der Waals surface area contributed by atoms with Crippen LogP contribution in [0.4, 0.5) is 4.39 Å². The first kappa shape index (κ1) is 12.5. The summed E-state index contributed by atoms with van der Waals surface area (Å²) in [6.45, 7) is 0. The van der Waals surface area contributed by atoms with Crippen LogP contribution >= 0.6 is 11.8 Å². The highest BCUT2D eigenvalue weighted by Crippen LogP contribution is 2.25. The van der Waals surface area contributed by atoms with Crippen molar-refractivity contribution in [1.82, 2.24) is 0 Å². The van der Waals surface area contributed by atoms with Crippen molar-refractivity contribution in [3.8, 4) is 11.8 Å². The van der Waals surface area contributed by atoms with Gasteiger partial charge in [0.25, 0.3) is 0 Å². The monoisotopic (exact) mass is 259 g/mol. The molecule has 0 aliphatic heterocycles. The molecule has 2 aromatic rings. The molecule has 0 amide bonds. The number of thioether (sulfide) groups is 1. The Kier molecular flexibility index (Phi) is 3.85. The fraction of sp³-hybridized carbons (Fsp3) is 0.0714. The second-order valence-electron chi connectivity index (χ2n) is 3.70. The van der Waals surface area contributed by atoms with Crippen molar-refractivity contribution >= 4 is 11.8 Å². The van der Waals surface area contributed by atoms with Crippen LogP contribution in [0.5, 0.6) is 5.75 Å². The third-order valence-electron chi connectivity index (χ3n) is 2.41. The lowest BCUT2D eigenvalue weighted by Gasteiger charge is -2.04. The maximum absolute atomic E-state index is 13.6. The van der Waals surface area contributed by atoms with E-state index in [0.717, 1.165) is 4.90 Å². The molecule has 2 rings (SSSR count). The lowest BCUT2D eigenvalue weighted by Crippen LogP contribution is -1.89. The molecular weight excluding hydrogens is 249 g/mol. The predicted molar refractivity (Wildman–Crippen MR) is 68.8 cm³/mol. The summed E-state index contributed by atoms with van der Waals surface area (Å²) in [6, 6.07) is 13.1. The minimum Gasteiger partial charge on any atom is -0.508 e. The highest BCUT2D eigenvalue weighted by molar-refractivity contribution is 7.98. The number of aromatic hydroxyl groups is 1. The van der Waals surface area contributed by atoms with Gasteiger partial charge in [-0.1, -0.05) is 6.07 Å². The minimum atomic E-state index is -0.361. The second kappa shape index (κ2) is 5.56. The molecule has 0 atom stereocenters. The molecule has 2 aromatic carbocycles. The minimum absolute atomic E-state index is 0.212. The lowest BCUT2D eigenvalue weighted by molar-refractivity contribution is 0.475. The number of hydrogen-bond acceptors (Lipinski definition) is 3. The summed E-state index contributed by atoms with van der Waals surface area (Å²) < 4.78 is 13.6. The maximum atomic E-state index is 13.6. The predicted octanol–water partition coefficient (Wildman–Crippen LogP) is 3.70. The van der Waals surface area contributed by atoms with Gasteiger partial charge in [0, 0.05) is 10.6 Å². The van der Waals surface area contributed by atoms with E-state index in [1.807, 2.05) is 6.07 Å². The van der Waals surface area contributed by atoms with Crippen LogP contribution in [0.15, 0.2) is 47.4 Å². The van der Waals surface area contributed by atoms with Crippen LogP contribution in [-0.2, 0) is 5.75 Å². The van der Waals surface area contributed by atoms with Crippen molar-refractivity contribution in [3.63, 3.8) is 0 Å². The number of phenolic OH excluding ortho intramolecular Hbond substituents is 1. The van der Waals surface area contributed by atoms with E-state index in [1.165, 1.54) is 17.8 Å². The van der Waals surface area contributed by atoms with Gasteiger partial charge in [-0.15, -0.1) is 11.8 Å².